The Bertz CT molecular complexity index is 1170. The summed E-state index contributed by atoms with van der Waals surface area (Å²) in [6.07, 6.45) is 0.853. The minimum absolute atomic E-state index is 0.290. The van der Waals surface area contributed by atoms with E-state index in [2.05, 4.69) is 10.4 Å². The van der Waals surface area contributed by atoms with Crippen LogP contribution < -0.4 is 14.8 Å². The number of aryl methyl sites for hydroxylation is 1. The van der Waals surface area contributed by atoms with Gasteiger partial charge in [-0.15, -0.1) is 0 Å². The van der Waals surface area contributed by atoms with E-state index in [4.69, 9.17) is 14.2 Å². The number of carbonyl (C=O) groups is 2. The zero-order valence-electron chi connectivity index (χ0n) is 18.5. The van der Waals surface area contributed by atoms with Crippen molar-refractivity contribution in [2.75, 3.05) is 21.3 Å². The number of amides is 1. The van der Waals surface area contributed by atoms with E-state index in [9.17, 15) is 9.59 Å². The van der Waals surface area contributed by atoms with Crippen molar-refractivity contribution in [3.63, 3.8) is 0 Å². The number of ether oxygens (including phenoxy) is 3. The second-order valence-electron chi connectivity index (χ2n) is 7.58. The molecule has 1 atom stereocenters. The Morgan fingerprint density at radius 3 is 2.44 bits per heavy atom. The highest BCUT2D eigenvalue weighted by molar-refractivity contribution is 5.99. The molecule has 0 fully saturated rings. The number of carbonyl (C=O) groups excluding carboxylic acids is 2. The van der Waals surface area contributed by atoms with Gasteiger partial charge in [0.2, 0.25) is 0 Å². The predicted molar refractivity (Wildman–Crippen MR) is 118 cm³/mol. The third-order valence-corrected chi connectivity index (χ3v) is 5.67. The summed E-state index contributed by atoms with van der Waals surface area (Å²) in [5, 5.41) is 7.26. The van der Waals surface area contributed by atoms with Crippen molar-refractivity contribution in [3.05, 3.63) is 64.8 Å². The van der Waals surface area contributed by atoms with Gasteiger partial charge in [0, 0.05) is 31.0 Å². The molecule has 166 valence electrons. The first-order valence-corrected chi connectivity index (χ1v) is 10.2. The van der Waals surface area contributed by atoms with E-state index in [1.54, 1.807) is 25.9 Å². The highest BCUT2D eigenvalue weighted by Crippen LogP contribution is 2.43. The molecule has 1 aliphatic rings. The molecular formula is C24H25N3O5. The summed E-state index contributed by atoms with van der Waals surface area (Å²) >= 11 is 0. The lowest BCUT2D eigenvalue weighted by Gasteiger charge is -2.16. The lowest BCUT2D eigenvalue weighted by atomic mass is 10.1. The fourth-order valence-corrected chi connectivity index (χ4v) is 4.14. The summed E-state index contributed by atoms with van der Waals surface area (Å²) in [5.41, 5.74) is 4.83. The topological polar surface area (TPSA) is 91.7 Å². The monoisotopic (exact) mass is 435 g/mol. The van der Waals surface area contributed by atoms with Crippen molar-refractivity contribution in [1.82, 2.24) is 15.1 Å². The van der Waals surface area contributed by atoms with Crippen molar-refractivity contribution in [1.29, 1.82) is 0 Å². The first-order chi connectivity index (χ1) is 15.5. The molecule has 0 spiro atoms. The van der Waals surface area contributed by atoms with E-state index < -0.39 is 17.9 Å². The summed E-state index contributed by atoms with van der Waals surface area (Å²) in [5.74, 6) is 0.319. The molecule has 0 saturated heterocycles. The highest BCUT2D eigenvalue weighted by atomic mass is 16.5. The summed E-state index contributed by atoms with van der Waals surface area (Å²) in [7, 11) is 6.28. The number of methoxy groups -OCH3 is 3. The first kappa shape index (κ1) is 21.4. The molecule has 1 aliphatic carbocycles. The molecule has 8 heteroatoms. The molecule has 1 amide bonds. The fraction of sp³-hybridized carbons (Fsp3) is 0.292. The van der Waals surface area contributed by atoms with Gasteiger partial charge in [0.1, 0.15) is 6.04 Å². The zero-order chi connectivity index (χ0) is 22.8. The van der Waals surface area contributed by atoms with Crippen LogP contribution in [0.3, 0.4) is 0 Å². The Kier molecular flexibility index (Phi) is 5.85. The maximum absolute atomic E-state index is 13.2. The Morgan fingerprint density at radius 1 is 1.09 bits per heavy atom. The molecule has 1 heterocycles. The summed E-state index contributed by atoms with van der Waals surface area (Å²) in [6.45, 7) is 0. The molecule has 4 rings (SSSR count). The second kappa shape index (κ2) is 8.74. The highest BCUT2D eigenvalue weighted by Gasteiger charge is 2.32. The maximum Gasteiger partial charge on any atom is 0.328 e. The van der Waals surface area contributed by atoms with Crippen LogP contribution in [0.25, 0.3) is 11.3 Å². The van der Waals surface area contributed by atoms with Crippen molar-refractivity contribution < 1.29 is 23.8 Å². The number of aromatic nitrogens is 2. The van der Waals surface area contributed by atoms with Gasteiger partial charge in [0.25, 0.3) is 5.91 Å². The minimum atomic E-state index is -0.823. The van der Waals surface area contributed by atoms with Crippen LogP contribution in [0.5, 0.6) is 11.5 Å². The van der Waals surface area contributed by atoms with E-state index >= 15 is 0 Å². The van der Waals surface area contributed by atoms with Gasteiger partial charge < -0.3 is 19.5 Å². The van der Waals surface area contributed by atoms with Gasteiger partial charge in [0.15, 0.2) is 17.2 Å². The number of rotatable bonds is 7. The summed E-state index contributed by atoms with van der Waals surface area (Å²) in [6, 6.07) is 12.5. The van der Waals surface area contributed by atoms with Gasteiger partial charge >= 0.3 is 5.97 Å². The van der Waals surface area contributed by atoms with Gasteiger partial charge in [-0.05, 0) is 23.3 Å². The molecule has 32 heavy (non-hydrogen) atoms. The first-order valence-electron chi connectivity index (χ1n) is 10.2. The lowest BCUT2D eigenvalue weighted by Crippen LogP contribution is -2.43. The Morgan fingerprint density at radius 2 is 1.78 bits per heavy atom. The van der Waals surface area contributed by atoms with Crippen molar-refractivity contribution in [2.45, 2.75) is 18.9 Å². The van der Waals surface area contributed by atoms with Crippen LogP contribution in [0, 0.1) is 0 Å². The molecule has 0 radical (unpaired) electrons. The molecule has 8 nitrogen and oxygen atoms in total. The quantitative estimate of drug-likeness (QED) is 0.449. The Hall–Kier alpha value is -3.81. The van der Waals surface area contributed by atoms with Crippen molar-refractivity contribution >= 4 is 11.9 Å². The van der Waals surface area contributed by atoms with Crippen LogP contribution in [0.4, 0.5) is 0 Å². The molecule has 1 N–H and O–H groups in total. The Labute approximate surface area is 186 Å². The van der Waals surface area contributed by atoms with Crippen LogP contribution in [0.2, 0.25) is 0 Å². The molecule has 2 aromatic carbocycles. The third kappa shape index (κ3) is 3.79. The van der Waals surface area contributed by atoms with Crippen molar-refractivity contribution in [3.8, 4) is 22.8 Å². The normalized spacial score (nSPS) is 12.5. The number of nitrogens with zero attached hydrogens (tertiary/aromatic N) is 2. The maximum atomic E-state index is 13.2. The van der Waals surface area contributed by atoms with Crippen LogP contribution in [-0.4, -0.2) is 49.0 Å². The standard InChI is InChI=1S/C24H25N3O5/c1-27-22-16-13-20(31-3)19(30-2)12-15(16)11-17(22)21(26-27)23(28)25-18(24(29)32-4)10-14-8-6-5-7-9-14/h5-9,12-13,18H,10-11H2,1-4H3,(H,25,28)/t18-/m1/s1. The SMILES string of the molecule is COC(=O)[C@@H](Cc1ccccc1)NC(=O)c1nn(C)c2c1Cc1cc(OC)c(OC)cc1-2. The average Bonchev–Trinajstić information content (AvgIpc) is 3.34. The van der Waals surface area contributed by atoms with Gasteiger partial charge in [0.05, 0.1) is 27.0 Å². The van der Waals surface area contributed by atoms with Crippen LogP contribution >= 0.6 is 0 Å². The minimum Gasteiger partial charge on any atom is -0.493 e. The second-order valence-corrected chi connectivity index (χ2v) is 7.58. The summed E-state index contributed by atoms with van der Waals surface area (Å²) < 4.78 is 17.4. The molecule has 0 bridgehead atoms. The Balaban J connectivity index is 1.63. The van der Waals surface area contributed by atoms with E-state index in [1.165, 1.54) is 7.11 Å². The molecule has 3 aromatic rings. The van der Waals surface area contributed by atoms with E-state index in [0.29, 0.717) is 30.0 Å². The average molecular weight is 435 g/mol. The van der Waals surface area contributed by atoms with E-state index in [1.807, 2.05) is 42.5 Å². The lowest BCUT2D eigenvalue weighted by molar-refractivity contribution is -0.142. The van der Waals surface area contributed by atoms with Crippen molar-refractivity contribution in [2.24, 2.45) is 7.05 Å². The third-order valence-electron chi connectivity index (χ3n) is 5.67. The largest absolute Gasteiger partial charge is 0.493 e. The van der Waals surface area contributed by atoms with Gasteiger partial charge in [-0.1, -0.05) is 30.3 Å². The zero-order valence-corrected chi connectivity index (χ0v) is 18.5. The van der Waals surface area contributed by atoms with Gasteiger partial charge in [-0.25, -0.2) is 4.79 Å². The number of benzene rings is 2. The van der Waals surface area contributed by atoms with Crippen LogP contribution in [-0.2, 0) is 29.4 Å². The molecule has 1 aromatic heterocycles. The number of hydrogen-bond donors (Lipinski definition) is 1. The van der Waals surface area contributed by atoms with E-state index in [0.717, 1.165) is 27.9 Å². The number of hydrogen-bond acceptors (Lipinski definition) is 6. The molecule has 0 saturated carbocycles. The van der Waals surface area contributed by atoms with Gasteiger partial charge in [-0.2, -0.15) is 5.10 Å². The van der Waals surface area contributed by atoms with Gasteiger partial charge in [-0.3, -0.25) is 9.48 Å². The predicted octanol–water partition coefficient (Wildman–Crippen LogP) is 2.52. The van der Waals surface area contributed by atoms with Crippen LogP contribution in [0.15, 0.2) is 42.5 Å². The van der Waals surface area contributed by atoms with Crippen LogP contribution in [0.1, 0.15) is 27.2 Å². The van der Waals surface area contributed by atoms with E-state index in [-0.39, 0.29) is 0 Å². The number of nitrogens with one attached hydrogen (secondary N) is 1. The number of esters is 1. The number of fused-ring (bicyclic) bond motifs is 3. The summed E-state index contributed by atoms with van der Waals surface area (Å²) in [4.78, 5) is 25.5. The molecule has 0 unspecified atom stereocenters. The fourth-order valence-electron chi connectivity index (χ4n) is 4.14. The molecule has 0 aliphatic heterocycles. The smallest absolute Gasteiger partial charge is 0.328 e. The molecular weight excluding hydrogens is 410 g/mol.